The zero-order valence-corrected chi connectivity index (χ0v) is 14.9. The normalized spacial score (nSPS) is 20.4. The van der Waals surface area contributed by atoms with E-state index in [9.17, 15) is 4.79 Å². The number of carbonyl (C=O) groups is 1. The van der Waals surface area contributed by atoms with Crippen molar-refractivity contribution >= 4 is 16.9 Å². The summed E-state index contributed by atoms with van der Waals surface area (Å²) >= 11 is 0. The number of aromatic nitrogens is 2. The summed E-state index contributed by atoms with van der Waals surface area (Å²) in [6.07, 6.45) is 3.60. The van der Waals surface area contributed by atoms with Crippen LogP contribution in [0.25, 0.3) is 11.0 Å². The lowest BCUT2D eigenvalue weighted by atomic mass is 10.0. The van der Waals surface area contributed by atoms with Crippen LogP contribution in [0.5, 0.6) is 0 Å². The first-order valence-corrected chi connectivity index (χ1v) is 9.10. The number of carbonyl (C=O) groups excluding carboxylic acids is 1. The van der Waals surface area contributed by atoms with Gasteiger partial charge in [0.1, 0.15) is 0 Å². The molecule has 5 nitrogen and oxygen atoms in total. The number of amides is 1. The van der Waals surface area contributed by atoms with Crippen LogP contribution in [-0.4, -0.2) is 46.1 Å². The fourth-order valence-electron chi connectivity index (χ4n) is 3.48. The van der Waals surface area contributed by atoms with E-state index in [1.54, 1.807) is 6.33 Å². The zero-order chi connectivity index (χ0) is 17.9. The van der Waals surface area contributed by atoms with Crippen molar-refractivity contribution in [1.82, 2.24) is 14.9 Å². The molecule has 1 aromatic heterocycles. The molecule has 2 unspecified atom stereocenters. The largest absolute Gasteiger partial charge is 0.374 e. The van der Waals surface area contributed by atoms with Crippen LogP contribution >= 0.6 is 0 Å². The Labute approximate surface area is 153 Å². The number of benzene rings is 2. The van der Waals surface area contributed by atoms with Crippen molar-refractivity contribution in [3.05, 3.63) is 66.0 Å². The van der Waals surface area contributed by atoms with E-state index >= 15 is 0 Å². The van der Waals surface area contributed by atoms with Gasteiger partial charge in [0.25, 0.3) is 5.91 Å². The number of aryl methyl sites for hydroxylation is 1. The maximum absolute atomic E-state index is 13.0. The quantitative estimate of drug-likeness (QED) is 0.785. The van der Waals surface area contributed by atoms with Crippen LogP contribution in [0.4, 0.5) is 0 Å². The highest BCUT2D eigenvalue weighted by molar-refractivity contribution is 5.97. The molecule has 2 heterocycles. The van der Waals surface area contributed by atoms with Gasteiger partial charge >= 0.3 is 0 Å². The van der Waals surface area contributed by atoms with Crippen LogP contribution in [0, 0.1) is 0 Å². The number of nitrogens with one attached hydrogen (secondary N) is 1. The van der Waals surface area contributed by atoms with E-state index in [0.29, 0.717) is 18.7 Å². The summed E-state index contributed by atoms with van der Waals surface area (Å²) in [5.41, 5.74) is 3.75. The summed E-state index contributed by atoms with van der Waals surface area (Å²) in [6.45, 7) is 3.26. The first kappa shape index (κ1) is 16.8. The molecule has 1 aliphatic rings. The smallest absolute Gasteiger partial charge is 0.254 e. The fourth-order valence-corrected chi connectivity index (χ4v) is 3.48. The lowest BCUT2D eigenvalue weighted by Gasteiger charge is -2.38. The highest BCUT2D eigenvalue weighted by Crippen LogP contribution is 2.20. The SMILES string of the molecule is CC1COC(CCc2ccccc2)CN1C(=O)c1ccc2nc[nH]c2c1. The minimum atomic E-state index is 0.0574. The molecule has 1 fully saturated rings. The van der Waals surface area contributed by atoms with Gasteiger partial charge in [-0.3, -0.25) is 4.79 Å². The van der Waals surface area contributed by atoms with E-state index in [1.165, 1.54) is 5.56 Å². The van der Waals surface area contributed by atoms with E-state index in [2.05, 4.69) is 34.2 Å². The van der Waals surface area contributed by atoms with Crippen molar-refractivity contribution in [2.45, 2.75) is 31.9 Å². The molecule has 0 aliphatic carbocycles. The summed E-state index contributed by atoms with van der Waals surface area (Å²) in [4.78, 5) is 22.3. The number of hydrogen-bond acceptors (Lipinski definition) is 3. The van der Waals surface area contributed by atoms with Crippen molar-refractivity contribution in [2.75, 3.05) is 13.2 Å². The maximum Gasteiger partial charge on any atom is 0.254 e. The van der Waals surface area contributed by atoms with Gasteiger partial charge in [-0.05, 0) is 43.5 Å². The third-order valence-corrected chi connectivity index (χ3v) is 5.03. The number of imidazole rings is 1. The second-order valence-corrected chi connectivity index (χ2v) is 6.92. The van der Waals surface area contributed by atoms with Crippen molar-refractivity contribution in [2.24, 2.45) is 0 Å². The average Bonchev–Trinajstić information content (AvgIpc) is 3.15. The minimum absolute atomic E-state index is 0.0574. The molecule has 3 aromatic rings. The lowest BCUT2D eigenvalue weighted by molar-refractivity contribution is -0.0497. The predicted octanol–water partition coefficient (Wildman–Crippen LogP) is 3.43. The average molecular weight is 349 g/mol. The fraction of sp³-hybridized carbons (Fsp3) is 0.333. The highest BCUT2D eigenvalue weighted by Gasteiger charge is 2.30. The second-order valence-electron chi connectivity index (χ2n) is 6.92. The number of rotatable bonds is 4. The topological polar surface area (TPSA) is 58.2 Å². The van der Waals surface area contributed by atoms with Crippen molar-refractivity contribution in [1.29, 1.82) is 0 Å². The van der Waals surface area contributed by atoms with Gasteiger partial charge in [0.15, 0.2) is 0 Å². The van der Waals surface area contributed by atoms with Gasteiger partial charge in [-0.1, -0.05) is 30.3 Å². The molecular formula is C21H23N3O2. The van der Waals surface area contributed by atoms with Crippen LogP contribution in [-0.2, 0) is 11.2 Å². The maximum atomic E-state index is 13.0. The monoisotopic (exact) mass is 349 g/mol. The summed E-state index contributed by atoms with van der Waals surface area (Å²) in [5, 5.41) is 0. The molecule has 5 heteroatoms. The van der Waals surface area contributed by atoms with E-state index in [4.69, 9.17) is 4.74 Å². The van der Waals surface area contributed by atoms with Gasteiger partial charge in [-0.2, -0.15) is 0 Å². The zero-order valence-electron chi connectivity index (χ0n) is 14.9. The molecule has 134 valence electrons. The summed E-state index contributed by atoms with van der Waals surface area (Å²) < 4.78 is 5.98. The molecule has 1 aliphatic heterocycles. The molecular weight excluding hydrogens is 326 g/mol. The third-order valence-electron chi connectivity index (χ3n) is 5.03. The van der Waals surface area contributed by atoms with Crippen LogP contribution in [0.3, 0.4) is 0 Å². The summed E-state index contributed by atoms with van der Waals surface area (Å²) in [6, 6.07) is 16.1. The molecule has 2 aromatic carbocycles. The van der Waals surface area contributed by atoms with Gasteiger partial charge in [-0.15, -0.1) is 0 Å². The number of nitrogens with zero attached hydrogens (tertiary/aromatic N) is 2. The predicted molar refractivity (Wildman–Crippen MR) is 101 cm³/mol. The standard InChI is InChI=1S/C21H23N3O2/c1-15-13-26-18(9-7-16-5-3-2-4-6-16)12-24(15)21(25)17-8-10-19-20(11-17)23-14-22-19/h2-6,8,10-11,14-15,18H,7,9,12-13H2,1H3,(H,22,23). The molecule has 1 N–H and O–H groups in total. The Morgan fingerprint density at radius 1 is 1.27 bits per heavy atom. The van der Waals surface area contributed by atoms with Gasteiger partial charge in [0, 0.05) is 12.1 Å². The van der Waals surface area contributed by atoms with Gasteiger partial charge in [0.2, 0.25) is 0 Å². The van der Waals surface area contributed by atoms with Crippen molar-refractivity contribution < 1.29 is 9.53 Å². The number of morpholine rings is 1. The van der Waals surface area contributed by atoms with Crippen molar-refractivity contribution in [3.63, 3.8) is 0 Å². The Morgan fingerprint density at radius 2 is 2.12 bits per heavy atom. The molecule has 0 saturated carbocycles. The lowest BCUT2D eigenvalue weighted by Crippen LogP contribution is -2.51. The van der Waals surface area contributed by atoms with E-state index in [0.717, 1.165) is 23.9 Å². The molecule has 2 atom stereocenters. The number of ether oxygens (including phenoxy) is 1. The highest BCUT2D eigenvalue weighted by atomic mass is 16.5. The van der Waals surface area contributed by atoms with Crippen molar-refractivity contribution in [3.8, 4) is 0 Å². The molecule has 0 radical (unpaired) electrons. The van der Waals surface area contributed by atoms with Gasteiger partial charge in [0.05, 0.1) is 36.1 Å². The summed E-state index contributed by atoms with van der Waals surface area (Å²) in [5.74, 6) is 0.0574. The van der Waals surface area contributed by atoms with Gasteiger partial charge < -0.3 is 14.6 Å². The first-order valence-electron chi connectivity index (χ1n) is 9.10. The minimum Gasteiger partial charge on any atom is -0.374 e. The van der Waals surface area contributed by atoms with Crippen LogP contribution in [0.15, 0.2) is 54.9 Å². The molecule has 1 saturated heterocycles. The molecule has 0 bridgehead atoms. The first-order chi connectivity index (χ1) is 12.7. The number of H-pyrrole nitrogens is 1. The Hall–Kier alpha value is -2.66. The Morgan fingerprint density at radius 3 is 2.96 bits per heavy atom. The molecule has 1 amide bonds. The Bertz CT molecular complexity index is 890. The summed E-state index contributed by atoms with van der Waals surface area (Å²) in [7, 11) is 0. The second kappa shape index (κ2) is 7.30. The van der Waals surface area contributed by atoms with E-state index in [1.807, 2.05) is 36.1 Å². The van der Waals surface area contributed by atoms with Crippen LogP contribution in [0.2, 0.25) is 0 Å². The number of fused-ring (bicyclic) bond motifs is 1. The molecule has 0 spiro atoms. The Kier molecular flexibility index (Phi) is 4.71. The van der Waals surface area contributed by atoms with Gasteiger partial charge in [-0.25, -0.2) is 4.98 Å². The number of hydrogen-bond donors (Lipinski definition) is 1. The van der Waals surface area contributed by atoms with E-state index < -0.39 is 0 Å². The molecule has 4 rings (SSSR count). The van der Waals surface area contributed by atoms with Crippen LogP contribution in [0.1, 0.15) is 29.3 Å². The Balaban J connectivity index is 1.44. The number of aromatic amines is 1. The molecule has 26 heavy (non-hydrogen) atoms. The van der Waals surface area contributed by atoms with Crippen LogP contribution < -0.4 is 0 Å². The van der Waals surface area contributed by atoms with E-state index in [-0.39, 0.29) is 18.1 Å². The third kappa shape index (κ3) is 3.48.